The Hall–Kier alpha value is -0.0300. The first-order valence-electron chi connectivity index (χ1n) is 8.37. The van der Waals surface area contributed by atoms with Crippen LogP contribution in [0.15, 0.2) is 0 Å². The molecule has 1 amide bonds. The van der Waals surface area contributed by atoms with Crippen molar-refractivity contribution in [1.29, 1.82) is 0 Å². The minimum atomic E-state index is 0. The molecule has 0 aromatic rings. The fourth-order valence-electron chi connectivity index (χ4n) is 3.94. The van der Waals surface area contributed by atoms with Crippen LogP contribution in [0.25, 0.3) is 0 Å². The van der Waals surface area contributed by atoms with Crippen molar-refractivity contribution in [2.24, 2.45) is 17.6 Å². The fraction of sp³-hybridized carbons (Fsp3) is 0.938. The molecule has 2 fully saturated rings. The first-order chi connectivity index (χ1) is 9.63. The molecule has 2 unspecified atom stereocenters. The third kappa shape index (κ3) is 5.55. The lowest BCUT2D eigenvalue weighted by Crippen LogP contribution is -2.49. The Morgan fingerprint density at radius 1 is 1.23 bits per heavy atom. The van der Waals surface area contributed by atoms with Crippen LogP contribution in [0.4, 0.5) is 0 Å². The first-order valence-corrected chi connectivity index (χ1v) is 8.37. The molecule has 0 spiro atoms. The predicted octanol–water partition coefficient (Wildman–Crippen LogP) is 2.58. The van der Waals surface area contributed by atoms with Gasteiger partial charge in [0.15, 0.2) is 0 Å². The van der Waals surface area contributed by atoms with Gasteiger partial charge in [-0.15, -0.1) is 24.8 Å². The Bertz CT molecular complexity index is 331. The number of piperidine rings is 1. The topological polar surface area (TPSA) is 58.4 Å². The molecule has 2 aliphatic rings. The molecule has 6 heteroatoms. The number of carbonyl (C=O) groups is 1. The number of nitrogens with one attached hydrogen (secondary N) is 1. The maximum Gasteiger partial charge on any atom is 0.223 e. The first kappa shape index (κ1) is 22.0. The SMILES string of the molecule is CC1CCCCN1C(C)CNC(=O)[C@@H]1CCC[C@@H]1CN.Cl.Cl. The summed E-state index contributed by atoms with van der Waals surface area (Å²) in [5.41, 5.74) is 5.76. The van der Waals surface area contributed by atoms with Crippen LogP contribution in [0.5, 0.6) is 0 Å². The Labute approximate surface area is 147 Å². The largest absolute Gasteiger partial charge is 0.354 e. The van der Waals surface area contributed by atoms with Crippen molar-refractivity contribution in [2.75, 3.05) is 19.6 Å². The van der Waals surface area contributed by atoms with Crippen LogP contribution in [0.2, 0.25) is 0 Å². The smallest absolute Gasteiger partial charge is 0.223 e. The van der Waals surface area contributed by atoms with E-state index in [-0.39, 0.29) is 36.6 Å². The van der Waals surface area contributed by atoms with E-state index in [2.05, 4.69) is 24.1 Å². The molecule has 4 nitrogen and oxygen atoms in total. The number of halogens is 2. The van der Waals surface area contributed by atoms with Gasteiger partial charge in [0.05, 0.1) is 0 Å². The van der Waals surface area contributed by atoms with Gasteiger partial charge in [0.25, 0.3) is 0 Å². The highest BCUT2D eigenvalue weighted by Crippen LogP contribution is 2.31. The zero-order valence-corrected chi connectivity index (χ0v) is 15.6. The molecule has 0 aromatic carbocycles. The summed E-state index contributed by atoms with van der Waals surface area (Å²) >= 11 is 0. The van der Waals surface area contributed by atoms with Crippen LogP contribution in [0.3, 0.4) is 0 Å². The van der Waals surface area contributed by atoms with E-state index in [1.54, 1.807) is 0 Å². The molecule has 132 valence electrons. The number of likely N-dealkylation sites (tertiary alicyclic amines) is 1. The second kappa shape index (κ2) is 10.7. The number of rotatable bonds is 5. The number of hydrogen-bond donors (Lipinski definition) is 2. The van der Waals surface area contributed by atoms with E-state index in [1.165, 1.54) is 25.8 Å². The van der Waals surface area contributed by atoms with Crippen LogP contribution in [-0.4, -0.2) is 42.5 Å². The molecule has 1 heterocycles. The maximum absolute atomic E-state index is 12.3. The number of hydrogen-bond acceptors (Lipinski definition) is 3. The quantitative estimate of drug-likeness (QED) is 0.798. The molecule has 22 heavy (non-hydrogen) atoms. The van der Waals surface area contributed by atoms with Crippen molar-refractivity contribution < 1.29 is 4.79 Å². The van der Waals surface area contributed by atoms with E-state index in [1.807, 2.05) is 0 Å². The summed E-state index contributed by atoms with van der Waals surface area (Å²) in [6.07, 6.45) is 7.21. The minimum Gasteiger partial charge on any atom is -0.354 e. The van der Waals surface area contributed by atoms with Crippen molar-refractivity contribution in [2.45, 2.75) is 64.5 Å². The van der Waals surface area contributed by atoms with E-state index in [0.717, 1.165) is 25.8 Å². The summed E-state index contributed by atoms with van der Waals surface area (Å²) in [5, 5.41) is 3.17. The highest BCUT2D eigenvalue weighted by molar-refractivity contribution is 5.85. The van der Waals surface area contributed by atoms with E-state index < -0.39 is 0 Å². The van der Waals surface area contributed by atoms with Crippen molar-refractivity contribution in [3.05, 3.63) is 0 Å². The Morgan fingerprint density at radius 2 is 1.95 bits per heavy atom. The third-order valence-electron chi connectivity index (χ3n) is 5.29. The lowest BCUT2D eigenvalue weighted by molar-refractivity contribution is -0.126. The Balaban J connectivity index is 0.00000220. The Morgan fingerprint density at radius 3 is 2.59 bits per heavy atom. The number of amides is 1. The summed E-state index contributed by atoms with van der Waals surface area (Å²) in [6, 6.07) is 1.09. The molecule has 1 aliphatic carbocycles. The standard InChI is InChI=1S/C16H31N3O.2ClH/c1-12-6-3-4-9-19(12)13(2)11-18-16(20)15-8-5-7-14(15)10-17;;/h12-15H,3-11,17H2,1-2H3,(H,18,20);2*1H/t12?,13?,14-,15-;;/m1../s1. The lowest BCUT2D eigenvalue weighted by atomic mass is 9.95. The number of nitrogens with two attached hydrogens (primary N) is 1. The van der Waals surface area contributed by atoms with Crippen LogP contribution in [-0.2, 0) is 4.79 Å². The summed E-state index contributed by atoms with van der Waals surface area (Å²) in [7, 11) is 0. The molecule has 1 saturated carbocycles. The van der Waals surface area contributed by atoms with E-state index >= 15 is 0 Å². The monoisotopic (exact) mass is 353 g/mol. The second-order valence-corrected chi connectivity index (χ2v) is 6.71. The van der Waals surface area contributed by atoms with Crippen molar-refractivity contribution >= 4 is 30.7 Å². The average Bonchev–Trinajstić information content (AvgIpc) is 2.93. The molecule has 0 radical (unpaired) electrons. The highest BCUT2D eigenvalue weighted by atomic mass is 35.5. The summed E-state index contributed by atoms with van der Waals surface area (Å²) in [6.45, 7) is 7.14. The molecular weight excluding hydrogens is 321 g/mol. The van der Waals surface area contributed by atoms with Crippen LogP contribution < -0.4 is 11.1 Å². The van der Waals surface area contributed by atoms with E-state index in [4.69, 9.17) is 5.73 Å². The maximum atomic E-state index is 12.3. The normalized spacial score (nSPS) is 30.0. The number of carbonyl (C=O) groups excluding carboxylic acids is 1. The molecule has 1 aliphatic heterocycles. The van der Waals surface area contributed by atoms with Crippen molar-refractivity contribution in [1.82, 2.24) is 10.2 Å². The molecule has 1 saturated heterocycles. The summed E-state index contributed by atoms with van der Waals surface area (Å²) in [5.74, 6) is 0.791. The van der Waals surface area contributed by atoms with Gasteiger partial charge < -0.3 is 11.1 Å². The third-order valence-corrected chi connectivity index (χ3v) is 5.29. The Kier molecular flexibility index (Phi) is 10.7. The number of nitrogens with zero attached hydrogens (tertiary/aromatic N) is 1. The molecule has 4 atom stereocenters. The van der Waals surface area contributed by atoms with E-state index in [9.17, 15) is 4.79 Å². The van der Waals surface area contributed by atoms with Gasteiger partial charge in [-0.25, -0.2) is 0 Å². The molecular formula is C16H33Cl2N3O. The summed E-state index contributed by atoms with van der Waals surface area (Å²) < 4.78 is 0. The van der Waals surface area contributed by atoms with Gasteiger partial charge in [0.2, 0.25) is 5.91 Å². The van der Waals surface area contributed by atoms with Gasteiger partial charge in [0, 0.05) is 24.5 Å². The van der Waals surface area contributed by atoms with Gasteiger partial charge in [-0.05, 0) is 58.5 Å². The molecule has 3 N–H and O–H groups in total. The van der Waals surface area contributed by atoms with Gasteiger partial charge in [0.1, 0.15) is 0 Å². The summed E-state index contributed by atoms with van der Waals surface area (Å²) in [4.78, 5) is 14.8. The van der Waals surface area contributed by atoms with Crippen molar-refractivity contribution in [3.8, 4) is 0 Å². The van der Waals surface area contributed by atoms with Crippen LogP contribution in [0.1, 0.15) is 52.4 Å². The highest BCUT2D eigenvalue weighted by Gasteiger charge is 2.32. The van der Waals surface area contributed by atoms with Gasteiger partial charge in [-0.3, -0.25) is 9.69 Å². The second-order valence-electron chi connectivity index (χ2n) is 6.71. The average molecular weight is 354 g/mol. The minimum absolute atomic E-state index is 0. The van der Waals surface area contributed by atoms with Crippen LogP contribution >= 0.6 is 24.8 Å². The predicted molar refractivity (Wildman–Crippen MR) is 96.9 cm³/mol. The fourth-order valence-corrected chi connectivity index (χ4v) is 3.94. The molecule has 2 rings (SSSR count). The van der Waals surface area contributed by atoms with Gasteiger partial charge in [-0.1, -0.05) is 12.8 Å². The van der Waals surface area contributed by atoms with Gasteiger partial charge in [-0.2, -0.15) is 0 Å². The molecule has 0 aromatic heterocycles. The molecule has 0 bridgehead atoms. The van der Waals surface area contributed by atoms with E-state index in [0.29, 0.717) is 24.5 Å². The zero-order valence-electron chi connectivity index (χ0n) is 13.9. The van der Waals surface area contributed by atoms with Crippen molar-refractivity contribution in [3.63, 3.8) is 0 Å². The van der Waals surface area contributed by atoms with Crippen LogP contribution in [0, 0.1) is 11.8 Å². The lowest BCUT2D eigenvalue weighted by Gasteiger charge is -2.38. The van der Waals surface area contributed by atoms with Gasteiger partial charge >= 0.3 is 0 Å². The zero-order chi connectivity index (χ0) is 14.5.